The summed E-state index contributed by atoms with van der Waals surface area (Å²) in [5, 5.41) is 10.5. The molecule has 0 unspecified atom stereocenters. The first kappa shape index (κ1) is 15.0. The standard InChI is InChI=1S/C17H10F3NO2/c18-17(19,20)12-6-7-15(21-9-12)13-3-1-2-10-4-5-11(16(22)23)8-14(10)13/h1-9H,(H,22,23). The molecule has 3 nitrogen and oxygen atoms in total. The number of hydrogen-bond acceptors (Lipinski definition) is 2. The van der Waals surface area contributed by atoms with Crippen molar-refractivity contribution in [2.75, 3.05) is 0 Å². The number of rotatable bonds is 2. The lowest BCUT2D eigenvalue weighted by molar-refractivity contribution is -0.137. The van der Waals surface area contributed by atoms with Gasteiger partial charge in [-0.3, -0.25) is 4.98 Å². The number of hydrogen-bond donors (Lipinski definition) is 1. The van der Waals surface area contributed by atoms with E-state index < -0.39 is 17.7 Å². The zero-order valence-electron chi connectivity index (χ0n) is 11.6. The van der Waals surface area contributed by atoms with E-state index >= 15 is 0 Å². The second-order valence-corrected chi connectivity index (χ2v) is 4.98. The molecular formula is C17H10F3NO2. The van der Waals surface area contributed by atoms with E-state index in [-0.39, 0.29) is 5.56 Å². The summed E-state index contributed by atoms with van der Waals surface area (Å²) < 4.78 is 37.8. The van der Waals surface area contributed by atoms with Gasteiger partial charge in [0, 0.05) is 11.8 Å². The van der Waals surface area contributed by atoms with Crippen LogP contribution >= 0.6 is 0 Å². The topological polar surface area (TPSA) is 50.2 Å². The molecule has 0 bridgehead atoms. The summed E-state index contributed by atoms with van der Waals surface area (Å²) in [5.74, 6) is -1.07. The van der Waals surface area contributed by atoms with Gasteiger partial charge >= 0.3 is 12.1 Å². The molecule has 0 aliphatic rings. The van der Waals surface area contributed by atoms with Crippen LogP contribution in [0.5, 0.6) is 0 Å². The molecule has 0 aliphatic heterocycles. The SMILES string of the molecule is O=C(O)c1ccc2cccc(-c3ccc(C(F)(F)F)cn3)c2c1. The van der Waals surface area contributed by atoms with Crippen LogP contribution in [-0.4, -0.2) is 16.1 Å². The highest BCUT2D eigenvalue weighted by Crippen LogP contribution is 2.32. The number of halogens is 3. The molecule has 1 aromatic heterocycles. The summed E-state index contributed by atoms with van der Waals surface area (Å²) in [5.41, 5.74) is 0.218. The highest BCUT2D eigenvalue weighted by atomic mass is 19.4. The summed E-state index contributed by atoms with van der Waals surface area (Å²) in [6, 6.07) is 12.1. The molecule has 0 saturated heterocycles. The maximum atomic E-state index is 12.6. The molecule has 0 spiro atoms. The molecule has 3 rings (SSSR count). The van der Waals surface area contributed by atoms with E-state index in [4.69, 9.17) is 5.11 Å². The van der Waals surface area contributed by atoms with E-state index in [0.29, 0.717) is 16.6 Å². The molecule has 0 atom stereocenters. The van der Waals surface area contributed by atoms with E-state index in [2.05, 4.69) is 4.98 Å². The fourth-order valence-electron chi connectivity index (χ4n) is 2.35. The van der Waals surface area contributed by atoms with Crippen LogP contribution in [0.4, 0.5) is 13.2 Å². The molecule has 23 heavy (non-hydrogen) atoms. The molecule has 0 aliphatic carbocycles. The Kier molecular flexibility index (Phi) is 3.52. The average molecular weight is 317 g/mol. The van der Waals surface area contributed by atoms with E-state index in [9.17, 15) is 18.0 Å². The zero-order valence-corrected chi connectivity index (χ0v) is 11.6. The van der Waals surface area contributed by atoms with Gasteiger partial charge in [0.2, 0.25) is 0 Å². The fraction of sp³-hybridized carbons (Fsp3) is 0.0588. The maximum Gasteiger partial charge on any atom is 0.417 e. The second kappa shape index (κ2) is 5.39. The number of aromatic nitrogens is 1. The monoisotopic (exact) mass is 317 g/mol. The Labute approximate surface area is 129 Å². The predicted octanol–water partition coefficient (Wildman–Crippen LogP) is 4.62. The van der Waals surface area contributed by atoms with Crippen molar-refractivity contribution in [3.8, 4) is 11.3 Å². The van der Waals surface area contributed by atoms with E-state index in [0.717, 1.165) is 17.6 Å². The van der Waals surface area contributed by atoms with Crippen LogP contribution in [0.3, 0.4) is 0 Å². The van der Waals surface area contributed by atoms with Crippen molar-refractivity contribution in [3.05, 3.63) is 65.9 Å². The molecular weight excluding hydrogens is 307 g/mol. The first-order valence-corrected chi connectivity index (χ1v) is 6.66. The van der Waals surface area contributed by atoms with Crippen molar-refractivity contribution in [1.82, 2.24) is 4.98 Å². The van der Waals surface area contributed by atoms with Crippen molar-refractivity contribution in [2.45, 2.75) is 6.18 Å². The Balaban J connectivity index is 2.15. The number of carbonyl (C=O) groups is 1. The predicted molar refractivity (Wildman–Crippen MR) is 79.1 cm³/mol. The van der Waals surface area contributed by atoms with Crippen molar-refractivity contribution >= 4 is 16.7 Å². The third kappa shape index (κ3) is 2.88. The van der Waals surface area contributed by atoms with Gasteiger partial charge < -0.3 is 5.11 Å². The Hall–Kier alpha value is -2.89. The zero-order chi connectivity index (χ0) is 16.6. The van der Waals surface area contributed by atoms with Crippen LogP contribution in [0.25, 0.3) is 22.0 Å². The minimum absolute atomic E-state index is 0.108. The Morgan fingerprint density at radius 2 is 1.83 bits per heavy atom. The lowest BCUT2D eigenvalue weighted by atomic mass is 9.99. The van der Waals surface area contributed by atoms with Crippen molar-refractivity contribution in [3.63, 3.8) is 0 Å². The van der Waals surface area contributed by atoms with Gasteiger partial charge in [-0.1, -0.05) is 24.3 Å². The van der Waals surface area contributed by atoms with Crippen LogP contribution in [0.2, 0.25) is 0 Å². The van der Waals surface area contributed by atoms with Gasteiger partial charge in [-0.2, -0.15) is 13.2 Å². The molecule has 3 aromatic rings. The smallest absolute Gasteiger partial charge is 0.417 e. The molecule has 2 aromatic carbocycles. The van der Waals surface area contributed by atoms with Gasteiger partial charge in [0.05, 0.1) is 16.8 Å². The van der Waals surface area contributed by atoms with Crippen LogP contribution in [0.1, 0.15) is 15.9 Å². The summed E-state index contributed by atoms with van der Waals surface area (Å²) in [6.45, 7) is 0. The molecule has 6 heteroatoms. The number of nitrogens with zero attached hydrogens (tertiary/aromatic N) is 1. The van der Waals surface area contributed by atoms with Gasteiger partial charge in [0.15, 0.2) is 0 Å². The number of carboxylic acid groups (broad SMARTS) is 1. The number of benzene rings is 2. The Morgan fingerprint density at radius 1 is 1.04 bits per heavy atom. The number of fused-ring (bicyclic) bond motifs is 1. The lowest BCUT2D eigenvalue weighted by Gasteiger charge is -2.09. The van der Waals surface area contributed by atoms with Crippen LogP contribution < -0.4 is 0 Å². The Morgan fingerprint density at radius 3 is 2.43 bits per heavy atom. The largest absolute Gasteiger partial charge is 0.478 e. The summed E-state index contributed by atoms with van der Waals surface area (Å²) in [4.78, 5) is 15.0. The van der Waals surface area contributed by atoms with Crippen LogP contribution in [0, 0.1) is 0 Å². The number of alkyl halides is 3. The molecule has 0 fully saturated rings. The minimum atomic E-state index is -4.44. The lowest BCUT2D eigenvalue weighted by Crippen LogP contribution is -2.05. The average Bonchev–Trinajstić information content (AvgIpc) is 2.53. The van der Waals surface area contributed by atoms with E-state index in [1.54, 1.807) is 24.3 Å². The number of aromatic carboxylic acids is 1. The normalized spacial score (nSPS) is 11.6. The van der Waals surface area contributed by atoms with Gasteiger partial charge in [-0.25, -0.2) is 4.79 Å². The van der Waals surface area contributed by atoms with Gasteiger partial charge in [0.1, 0.15) is 0 Å². The maximum absolute atomic E-state index is 12.6. The number of pyridine rings is 1. The second-order valence-electron chi connectivity index (χ2n) is 4.98. The van der Waals surface area contributed by atoms with Crippen molar-refractivity contribution in [2.24, 2.45) is 0 Å². The van der Waals surface area contributed by atoms with Crippen LogP contribution in [0.15, 0.2) is 54.7 Å². The quantitative estimate of drug-likeness (QED) is 0.750. The third-order valence-corrected chi connectivity index (χ3v) is 3.50. The summed E-state index contributed by atoms with van der Waals surface area (Å²) >= 11 is 0. The third-order valence-electron chi connectivity index (χ3n) is 3.50. The summed E-state index contributed by atoms with van der Waals surface area (Å²) in [7, 11) is 0. The molecule has 0 saturated carbocycles. The molecule has 116 valence electrons. The van der Waals surface area contributed by atoms with Gasteiger partial charge in [-0.15, -0.1) is 0 Å². The first-order valence-electron chi connectivity index (χ1n) is 6.66. The fourth-order valence-corrected chi connectivity index (χ4v) is 2.35. The van der Waals surface area contributed by atoms with E-state index in [1.807, 2.05) is 0 Å². The highest BCUT2D eigenvalue weighted by molar-refractivity contribution is 6.00. The van der Waals surface area contributed by atoms with Gasteiger partial charge in [0.25, 0.3) is 0 Å². The van der Waals surface area contributed by atoms with Crippen molar-refractivity contribution in [1.29, 1.82) is 0 Å². The van der Waals surface area contributed by atoms with E-state index in [1.165, 1.54) is 18.2 Å². The highest BCUT2D eigenvalue weighted by Gasteiger charge is 2.30. The molecule has 1 heterocycles. The van der Waals surface area contributed by atoms with Crippen molar-refractivity contribution < 1.29 is 23.1 Å². The molecule has 0 radical (unpaired) electrons. The molecule has 0 amide bonds. The van der Waals surface area contributed by atoms with Gasteiger partial charge in [-0.05, 0) is 35.0 Å². The van der Waals surface area contributed by atoms with Crippen LogP contribution in [-0.2, 0) is 6.18 Å². The first-order chi connectivity index (χ1) is 10.9. The molecule has 1 N–H and O–H groups in total. The summed E-state index contributed by atoms with van der Waals surface area (Å²) in [6.07, 6.45) is -3.67. The number of carboxylic acids is 1. The Bertz CT molecular complexity index is 886. The minimum Gasteiger partial charge on any atom is -0.478 e.